The van der Waals surface area contributed by atoms with E-state index in [-0.39, 0.29) is 0 Å². The van der Waals surface area contributed by atoms with Gasteiger partial charge in [-0.1, -0.05) is 62.4 Å². The van der Waals surface area contributed by atoms with Crippen LogP contribution in [0, 0.1) is 0 Å². The summed E-state index contributed by atoms with van der Waals surface area (Å²) in [4.78, 5) is 2.43. The number of nitrogens with zero attached hydrogens (tertiary/aromatic N) is 1. The molecule has 1 rings (SSSR count). The van der Waals surface area contributed by atoms with Gasteiger partial charge in [-0.15, -0.1) is 0 Å². The maximum atomic E-state index is 4.24. The Hall–Kier alpha value is -0.470. The first-order chi connectivity index (χ1) is 9.33. The van der Waals surface area contributed by atoms with E-state index in [0.29, 0.717) is 0 Å². The van der Waals surface area contributed by atoms with Gasteiger partial charge in [0.05, 0.1) is 0 Å². The molecule has 0 saturated carbocycles. The first-order valence-corrected chi connectivity index (χ1v) is 8.29. The number of unbranched alkanes of at least 4 members (excludes halogenated alkanes) is 6. The zero-order valence-electron chi connectivity index (χ0n) is 12.4. The van der Waals surface area contributed by atoms with Gasteiger partial charge in [0.25, 0.3) is 0 Å². The second-order valence-electron chi connectivity index (χ2n) is 5.42. The number of rotatable bonds is 11. The summed E-state index contributed by atoms with van der Waals surface area (Å²) in [5.41, 5.74) is 1.41. The van der Waals surface area contributed by atoms with E-state index in [1.54, 1.807) is 0 Å². The normalized spacial score (nSPS) is 11.1. The smallest absolute Gasteiger partial charge is 0.0230 e. The Morgan fingerprint density at radius 2 is 1.42 bits per heavy atom. The standard InChI is InChI=1S/C17H29NS/c1-18(16-17-12-8-7-9-13-17)14-10-5-3-2-4-6-11-15-19/h7-9,12-13,19H,2-6,10-11,14-16H2,1H3. The second kappa shape index (κ2) is 11.4. The minimum Gasteiger partial charge on any atom is -0.302 e. The van der Waals surface area contributed by atoms with Crippen LogP contribution in [0.3, 0.4) is 0 Å². The Morgan fingerprint density at radius 3 is 2.05 bits per heavy atom. The third kappa shape index (κ3) is 9.12. The lowest BCUT2D eigenvalue weighted by Gasteiger charge is -2.16. The molecule has 0 spiro atoms. The summed E-state index contributed by atoms with van der Waals surface area (Å²) in [5.74, 6) is 1.05. The molecule has 108 valence electrons. The van der Waals surface area contributed by atoms with Crippen LogP contribution in [0.4, 0.5) is 0 Å². The summed E-state index contributed by atoms with van der Waals surface area (Å²) in [7, 11) is 2.22. The summed E-state index contributed by atoms with van der Waals surface area (Å²) in [6, 6.07) is 10.7. The highest BCUT2D eigenvalue weighted by Gasteiger charge is 1.99. The fourth-order valence-electron chi connectivity index (χ4n) is 2.35. The molecule has 0 N–H and O–H groups in total. The minimum absolute atomic E-state index is 1.05. The fraction of sp³-hybridized carbons (Fsp3) is 0.647. The Labute approximate surface area is 124 Å². The lowest BCUT2D eigenvalue weighted by molar-refractivity contribution is 0.316. The van der Waals surface area contributed by atoms with Gasteiger partial charge in [0, 0.05) is 6.54 Å². The third-order valence-corrected chi connectivity index (χ3v) is 3.81. The number of benzene rings is 1. The highest BCUT2D eigenvalue weighted by atomic mass is 32.1. The first-order valence-electron chi connectivity index (χ1n) is 7.66. The van der Waals surface area contributed by atoms with Gasteiger partial charge in [-0.2, -0.15) is 12.6 Å². The molecular weight excluding hydrogens is 250 g/mol. The van der Waals surface area contributed by atoms with E-state index in [1.807, 2.05) is 0 Å². The van der Waals surface area contributed by atoms with Crippen molar-refractivity contribution in [1.29, 1.82) is 0 Å². The summed E-state index contributed by atoms with van der Waals surface area (Å²) < 4.78 is 0. The molecule has 19 heavy (non-hydrogen) atoms. The van der Waals surface area contributed by atoms with Gasteiger partial charge in [-0.25, -0.2) is 0 Å². The average Bonchev–Trinajstić information content (AvgIpc) is 2.43. The predicted molar refractivity (Wildman–Crippen MR) is 88.9 cm³/mol. The summed E-state index contributed by atoms with van der Waals surface area (Å²) in [6.07, 6.45) is 9.53. The lowest BCUT2D eigenvalue weighted by Crippen LogP contribution is -2.18. The van der Waals surface area contributed by atoms with Crippen LogP contribution < -0.4 is 0 Å². The monoisotopic (exact) mass is 279 g/mol. The van der Waals surface area contributed by atoms with Crippen LogP contribution >= 0.6 is 12.6 Å². The van der Waals surface area contributed by atoms with E-state index in [9.17, 15) is 0 Å². The molecule has 1 nitrogen and oxygen atoms in total. The molecule has 0 fully saturated rings. The molecule has 0 heterocycles. The highest BCUT2D eigenvalue weighted by molar-refractivity contribution is 7.80. The topological polar surface area (TPSA) is 3.24 Å². The van der Waals surface area contributed by atoms with Crippen LogP contribution in [0.2, 0.25) is 0 Å². The van der Waals surface area contributed by atoms with Gasteiger partial charge in [0.15, 0.2) is 0 Å². The maximum Gasteiger partial charge on any atom is 0.0230 e. The molecule has 0 radical (unpaired) electrons. The number of hydrogen-bond acceptors (Lipinski definition) is 2. The molecule has 0 aliphatic heterocycles. The average molecular weight is 279 g/mol. The van der Waals surface area contributed by atoms with Crippen molar-refractivity contribution in [2.45, 2.75) is 51.5 Å². The van der Waals surface area contributed by atoms with Gasteiger partial charge >= 0.3 is 0 Å². The van der Waals surface area contributed by atoms with Crippen LogP contribution in [0.15, 0.2) is 30.3 Å². The molecule has 0 unspecified atom stereocenters. The van der Waals surface area contributed by atoms with E-state index in [4.69, 9.17) is 0 Å². The molecule has 1 aromatic carbocycles. The van der Waals surface area contributed by atoms with Crippen molar-refractivity contribution in [3.63, 3.8) is 0 Å². The largest absolute Gasteiger partial charge is 0.302 e. The highest BCUT2D eigenvalue weighted by Crippen LogP contribution is 2.09. The predicted octanol–water partition coefficient (Wildman–Crippen LogP) is 4.78. The zero-order valence-corrected chi connectivity index (χ0v) is 13.2. The van der Waals surface area contributed by atoms with Crippen molar-refractivity contribution >= 4 is 12.6 Å². The SMILES string of the molecule is CN(CCCCCCCCCS)Cc1ccccc1. The van der Waals surface area contributed by atoms with Crippen LogP contribution in [0.5, 0.6) is 0 Å². The summed E-state index contributed by atoms with van der Waals surface area (Å²) >= 11 is 4.24. The van der Waals surface area contributed by atoms with Crippen LogP contribution in [0.25, 0.3) is 0 Å². The van der Waals surface area contributed by atoms with Crippen molar-refractivity contribution in [1.82, 2.24) is 4.90 Å². The molecule has 0 saturated heterocycles. The summed E-state index contributed by atoms with van der Waals surface area (Å²) in [6.45, 7) is 2.29. The Bertz CT molecular complexity index is 299. The van der Waals surface area contributed by atoms with Crippen LogP contribution in [-0.4, -0.2) is 24.2 Å². The van der Waals surface area contributed by atoms with Crippen molar-refractivity contribution in [3.8, 4) is 0 Å². The molecule has 0 aromatic heterocycles. The van der Waals surface area contributed by atoms with Crippen molar-refractivity contribution in [2.24, 2.45) is 0 Å². The molecule has 0 aliphatic carbocycles. The molecule has 1 aromatic rings. The lowest BCUT2D eigenvalue weighted by atomic mass is 10.1. The molecule has 0 atom stereocenters. The fourth-order valence-corrected chi connectivity index (χ4v) is 2.58. The molecule has 2 heteroatoms. The molecule has 0 amide bonds. The number of thiol groups is 1. The van der Waals surface area contributed by atoms with E-state index in [0.717, 1.165) is 12.3 Å². The van der Waals surface area contributed by atoms with Gasteiger partial charge in [0.2, 0.25) is 0 Å². The molecule has 0 aliphatic rings. The van der Waals surface area contributed by atoms with Crippen LogP contribution in [0.1, 0.15) is 50.5 Å². The van der Waals surface area contributed by atoms with Gasteiger partial charge in [0.1, 0.15) is 0 Å². The molecule has 0 bridgehead atoms. The Kier molecular flexibility index (Phi) is 9.92. The van der Waals surface area contributed by atoms with E-state index >= 15 is 0 Å². The van der Waals surface area contributed by atoms with E-state index < -0.39 is 0 Å². The van der Waals surface area contributed by atoms with Gasteiger partial charge < -0.3 is 4.90 Å². The van der Waals surface area contributed by atoms with Gasteiger partial charge in [-0.05, 0) is 37.8 Å². The minimum atomic E-state index is 1.05. The second-order valence-corrected chi connectivity index (χ2v) is 5.87. The van der Waals surface area contributed by atoms with Crippen molar-refractivity contribution < 1.29 is 0 Å². The van der Waals surface area contributed by atoms with Crippen LogP contribution in [-0.2, 0) is 6.54 Å². The third-order valence-electron chi connectivity index (χ3n) is 3.49. The molecular formula is C17H29NS. The summed E-state index contributed by atoms with van der Waals surface area (Å²) in [5, 5.41) is 0. The quantitative estimate of drug-likeness (QED) is 0.451. The number of hydrogen-bond donors (Lipinski definition) is 1. The van der Waals surface area contributed by atoms with E-state index in [2.05, 4.69) is 54.9 Å². The Balaban J connectivity index is 1.94. The van der Waals surface area contributed by atoms with Gasteiger partial charge in [-0.3, -0.25) is 0 Å². The van der Waals surface area contributed by atoms with Crippen molar-refractivity contribution in [3.05, 3.63) is 35.9 Å². The zero-order chi connectivity index (χ0) is 13.8. The first kappa shape index (κ1) is 16.6. The van der Waals surface area contributed by atoms with E-state index in [1.165, 1.54) is 57.1 Å². The Morgan fingerprint density at radius 1 is 0.842 bits per heavy atom. The maximum absolute atomic E-state index is 4.24. The van der Waals surface area contributed by atoms with Crippen molar-refractivity contribution in [2.75, 3.05) is 19.3 Å².